The maximum absolute atomic E-state index is 5.21. The average molecular weight is 495 g/mol. The number of guanidine groups is 1. The normalized spacial score (nSPS) is 21.8. The Morgan fingerprint density at radius 2 is 1.82 bits per heavy atom. The van der Waals surface area contributed by atoms with E-state index in [9.17, 15) is 0 Å². The zero-order chi connectivity index (χ0) is 18.6. The third-order valence-corrected chi connectivity index (χ3v) is 5.90. The van der Waals surface area contributed by atoms with E-state index in [2.05, 4.69) is 20.3 Å². The number of benzene rings is 1. The first kappa shape index (κ1) is 21.0. The first-order valence-electron chi connectivity index (χ1n) is 9.91. The second-order valence-corrected chi connectivity index (χ2v) is 7.56. The van der Waals surface area contributed by atoms with Gasteiger partial charge in [-0.1, -0.05) is 12.8 Å². The highest BCUT2D eigenvalue weighted by Gasteiger charge is 2.35. The average Bonchev–Trinajstić information content (AvgIpc) is 3.35. The molecule has 1 aliphatic heterocycles. The van der Waals surface area contributed by atoms with Gasteiger partial charge in [0.25, 0.3) is 0 Å². The smallest absolute Gasteiger partial charge is 0.193 e. The van der Waals surface area contributed by atoms with E-state index in [0.29, 0.717) is 6.54 Å². The number of halogens is 1. The quantitative estimate of drug-likeness (QED) is 0.400. The molecule has 0 bridgehead atoms. The van der Waals surface area contributed by atoms with Crippen molar-refractivity contribution in [2.75, 3.05) is 27.2 Å². The largest absolute Gasteiger partial charge is 0.497 e. The van der Waals surface area contributed by atoms with Gasteiger partial charge in [-0.15, -0.1) is 24.0 Å². The van der Waals surface area contributed by atoms with Crippen molar-refractivity contribution in [2.45, 2.75) is 32.2 Å². The van der Waals surface area contributed by atoms with Gasteiger partial charge >= 0.3 is 0 Å². The summed E-state index contributed by atoms with van der Waals surface area (Å²) in [5.41, 5.74) is 2.03. The van der Waals surface area contributed by atoms with E-state index >= 15 is 0 Å². The molecule has 2 atom stereocenters. The lowest BCUT2D eigenvalue weighted by Gasteiger charge is -2.22. The van der Waals surface area contributed by atoms with E-state index in [1.54, 1.807) is 7.11 Å². The number of nitrogens with one attached hydrogen (secondary N) is 1. The maximum Gasteiger partial charge on any atom is 0.193 e. The maximum atomic E-state index is 5.21. The molecular weight excluding hydrogens is 465 g/mol. The molecule has 4 rings (SSSR count). The molecule has 0 amide bonds. The molecule has 1 saturated heterocycles. The minimum Gasteiger partial charge on any atom is -0.497 e. The van der Waals surface area contributed by atoms with Crippen LogP contribution in [0, 0.1) is 11.8 Å². The zero-order valence-corrected chi connectivity index (χ0v) is 19.0. The minimum atomic E-state index is 0. The lowest BCUT2D eigenvalue weighted by atomic mass is 9.82. The monoisotopic (exact) mass is 495 g/mol. The molecule has 7 heteroatoms. The molecule has 2 unspecified atom stereocenters. The van der Waals surface area contributed by atoms with Gasteiger partial charge in [-0.25, -0.2) is 4.68 Å². The van der Waals surface area contributed by atoms with Crippen LogP contribution in [0.15, 0.2) is 41.5 Å². The minimum absolute atomic E-state index is 0. The van der Waals surface area contributed by atoms with Gasteiger partial charge in [-0.05, 0) is 55.0 Å². The van der Waals surface area contributed by atoms with Gasteiger partial charge in [0.1, 0.15) is 5.75 Å². The van der Waals surface area contributed by atoms with Crippen LogP contribution in [0.5, 0.6) is 5.75 Å². The van der Waals surface area contributed by atoms with Crippen LogP contribution in [0.4, 0.5) is 0 Å². The third kappa shape index (κ3) is 4.61. The van der Waals surface area contributed by atoms with Crippen LogP contribution in [-0.4, -0.2) is 47.9 Å². The summed E-state index contributed by atoms with van der Waals surface area (Å²) in [6.45, 7) is 2.97. The van der Waals surface area contributed by atoms with Crippen molar-refractivity contribution >= 4 is 29.9 Å². The second kappa shape index (κ2) is 9.62. The highest BCUT2D eigenvalue weighted by Crippen LogP contribution is 2.35. The predicted molar refractivity (Wildman–Crippen MR) is 123 cm³/mol. The molecule has 152 valence electrons. The number of nitrogens with zero attached hydrogens (tertiary/aromatic N) is 4. The molecule has 2 aliphatic rings. The van der Waals surface area contributed by atoms with Crippen molar-refractivity contribution in [3.05, 3.63) is 42.2 Å². The fraction of sp³-hybridized carbons (Fsp3) is 0.524. The van der Waals surface area contributed by atoms with Crippen LogP contribution in [0.1, 0.15) is 31.4 Å². The van der Waals surface area contributed by atoms with E-state index in [1.165, 1.54) is 25.7 Å². The van der Waals surface area contributed by atoms with Gasteiger partial charge in [0.2, 0.25) is 0 Å². The van der Waals surface area contributed by atoms with Gasteiger partial charge in [0.15, 0.2) is 5.96 Å². The van der Waals surface area contributed by atoms with Crippen LogP contribution in [0.3, 0.4) is 0 Å². The standard InChI is InChI=1S/C21H29N5O.HI/c1-22-21(25-14-16-5-3-4-6-17(16)15-25)23-13-18-11-12-26(24-18)19-7-9-20(27-2)10-8-19;/h7-12,16-17H,3-6,13-15H2,1-2H3,(H,22,23);1H. The molecule has 1 saturated carbocycles. The Morgan fingerprint density at radius 1 is 1.14 bits per heavy atom. The summed E-state index contributed by atoms with van der Waals surface area (Å²) in [6.07, 6.45) is 7.54. The van der Waals surface area contributed by atoms with Crippen molar-refractivity contribution in [1.82, 2.24) is 20.0 Å². The van der Waals surface area contributed by atoms with E-state index < -0.39 is 0 Å². The number of fused-ring (bicyclic) bond motifs is 1. The van der Waals surface area contributed by atoms with Crippen molar-refractivity contribution in [3.63, 3.8) is 0 Å². The highest BCUT2D eigenvalue weighted by molar-refractivity contribution is 14.0. The molecule has 1 aromatic heterocycles. The molecule has 6 nitrogen and oxygen atoms in total. The molecule has 2 fully saturated rings. The van der Waals surface area contributed by atoms with Gasteiger partial charge < -0.3 is 15.0 Å². The lowest BCUT2D eigenvalue weighted by Crippen LogP contribution is -2.40. The SMILES string of the molecule is CN=C(NCc1ccn(-c2ccc(OC)cc2)n1)N1CC2CCCCC2C1.I. The Hall–Kier alpha value is -1.77. The van der Waals surface area contributed by atoms with Gasteiger partial charge in [-0.2, -0.15) is 5.10 Å². The molecular formula is C21H30IN5O. The summed E-state index contributed by atoms with van der Waals surface area (Å²) in [4.78, 5) is 6.94. The fourth-order valence-electron chi connectivity index (χ4n) is 4.42. The molecule has 1 aromatic carbocycles. The topological polar surface area (TPSA) is 54.7 Å². The molecule has 0 radical (unpaired) electrons. The number of aliphatic imine (C=N–C) groups is 1. The van der Waals surface area contributed by atoms with Crippen molar-refractivity contribution < 1.29 is 4.74 Å². The predicted octanol–water partition coefficient (Wildman–Crippen LogP) is 3.70. The molecule has 0 spiro atoms. The number of ether oxygens (including phenoxy) is 1. The summed E-state index contributed by atoms with van der Waals surface area (Å²) in [5, 5.41) is 8.18. The van der Waals surface area contributed by atoms with Crippen LogP contribution >= 0.6 is 24.0 Å². The van der Waals surface area contributed by atoms with Gasteiger partial charge in [0, 0.05) is 26.3 Å². The Morgan fingerprint density at radius 3 is 2.43 bits per heavy atom. The van der Waals surface area contributed by atoms with E-state index in [0.717, 1.165) is 48.0 Å². The number of hydrogen-bond acceptors (Lipinski definition) is 3. The van der Waals surface area contributed by atoms with Crippen LogP contribution in [-0.2, 0) is 6.54 Å². The Balaban J connectivity index is 0.00000225. The fourth-order valence-corrected chi connectivity index (χ4v) is 4.42. The number of likely N-dealkylation sites (tertiary alicyclic amines) is 1. The first-order chi connectivity index (χ1) is 13.3. The number of rotatable bonds is 4. The first-order valence-corrected chi connectivity index (χ1v) is 9.91. The molecule has 2 heterocycles. The van der Waals surface area contributed by atoms with Crippen LogP contribution in [0.2, 0.25) is 0 Å². The van der Waals surface area contributed by atoms with Crippen LogP contribution < -0.4 is 10.1 Å². The highest BCUT2D eigenvalue weighted by atomic mass is 127. The van der Waals surface area contributed by atoms with Gasteiger partial charge in [0.05, 0.1) is 25.0 Å². The Bertz CT molecular complexity index is 774. The summed E-state index contributed by atoms with van der Waals surface area (Å²) in [6, 6.07) is 9.96. The summed E-state index contributed by atoms with van der Waals surface area (Å²) >= 11 is 0. The third-order valence-electron chi connectivity index (χ3n) is 5.90. The Labute approximate surface area is 184 Å². The number of aromatic nitrogens is 2. The van der Waals surface area contributed by atoms with Crippen LogP contribution in [0.25, 0.3) is 5.69 Å². The summed E-state index contributed by atoms with van der Waals surface area (Å²) < 4.78 is 7.11. The summed E-state index contributed by atoms with van der Waals surface area (Å²) in [7, 11) is 3.55. The van der Waals surface area contributed by atoms with E-state index in [4.69, 9.17) is 4.74 Å². The lowest BCUT2D eigenvalue weighted by molar-refractivity contribution is 0.299. The van der Waals surface area contributed by atoms with E-state index in [1.807, 2.05) is 48.3 Å². The molecule has 28 heavy (non-hydrogen) atoms. The Kier molecular flexibility index (Phi) is 7.20. The van der Waals surface area contributed by atoms with E-state index in [-0.39, 0.29) is 24.0 Å². The summed E-state index contributed by atoms with van der Waals surface area (Å²) in [5.74, 6) is 3.56. The van der Waals surface area contributed by atoms with Gasteiger partial charge in [-0.3, -0.25) is 4.99 Å². The second-order valence-electron chi connectivity index (χ2n) is 7.56. The van der Waals surface area contributed by atoms with Crippen molar-refractivity contribution in [2.24, 2.45) is 16.8 Å². The molecule has 1 N–H and O–H groups in total. The molecule has 2 aromatic rings. The van der Waals surface area contributed by atoms with Crippen molar-refractivity contribution in [3.8, 4) is 11.4 Å². The zero-order valence-electron chi connectivity index (χ0n) is 16.7. The number of methoxy groups -OCH3 is 1. The molecule has 1 aliphatic carbocycles. The van der Waals surface area contributed by atoms with Crippen molar-refractivity contribution in [1.29, 1.82) is 0 Å². The number of hydrogen-bond donors (Lipinski definition) is 1.